The van der Waals surface area contributed by atoms with Crippen molar-refractivity contribution in [2.75, 3.05) is 6.54 Å². The molecule has 1 rings (SSSR count). The molecule has 104 valence electrons. The number of hydrogen-bond donors (Lipinski definition) is 1. The van der Waals surface area contributed by atoms with Gasteiger partial charge in [-0.2, -0.15) is 0 Å². The Morgan fingerprint density at radius 1 is 1.37 bits per heavy atom. The molecule has 1 aromatic rings. The number of carbonyl (C=O) groups excluding carboxylic acids is 1. The lowest BCUT2D eigenvalue weighted by Crippen LogP contribution is -2.32. The van der Waals surface area contributed by atoms with E-state index in [0.29, 0.717) is 12.0 Å². The molecule has 5 nitrogen and oxygen atoms in total. The summed E-state index contributed by atoms with van der Waals surface area (Å²) in [5.74, 6) is -1.10. The van der Waals surface area contributed by atoms with E-state index in [4.69, 9.17) is 0 Å². The van der Waals surface area contributed by atoms with E-state index in [2.05, 4.69) is 0 Å². The summed E-state index contributed by atoms with van der Waals surface area (Å²) in [4.78, 5) is 22.0. The van der Waals surface area contributed by atoms with Crippen molar-refractivity contribution in [3.05, 3.63) is 46.0 Å². The fraction of sp³-hybridized carbons (Fsp3) is 0.500. The van der Waals surface area contributed by atoms with Crippen molar-refractivity contribution in [1.82, 2.24) is 0 Å². The minimum absolute atomic E-state index is 0.263. The highest BCUT2D eigenvalue weighted by Gasteiger charge is 2.30. The van der Waals surface area contributed by atoms with Gasteiger partial charge in [-0.15, -0.1) is 0 Å². The molecule has 0 heterocycles. The zero-order valence-corrected chi connectivity index (χ0v) is 11.0. The molecule has 0 saturated heterocycles. The molecular formula is C14H19NO4. The number of carbonyl (C=O) groups is 1. The molecule has 0 spiro atoms. The van der Waals surface area contributed by atoms with Crippen LogP contribution >= 0.6 is 0 Å². The van der Waals surface area contributed by atoms with Gasteiger partial charge in [0, 0.05) is 11.3 Å². The Bertz CT molecular complexity index is 419. The monoisotopic (exact) mass is 265 g/mol. The number of aliphatic hydroxyl groups excluding tert-OH is 1. The highest BCUT2D eigenvalue weighted by atomic mass is 16.6. The van der Waals surface area contributed by atoms with Gasteiger partial charge in [0.25, 0.3) is 0 Å². The van der Waals surface area contributed by atoms with Crippen LogP contribution in [0.5, 0.6) is 0 Å². The van der Waals surface area contributed by atoms with Gasteiger partial charge in [0.1, 0.15) is 6.10 Å². The second kappa shape index (κ2) is 7.63. The van der Waals surface area contributed by atoms with Crippen molar-refractivity contribution in [3.63, 3.8) is 0 Å². The maximum absolute atomic E-state index is 11.8. The predicted octanol–water partition coefficient (Wildman–Crippen LogP) is 2.17. The largest absolute Gasteiger partial charge is 0.384 e. The Labute approximate surface area is 112 Å². The van der Waals surface area contributed by atoms with Gasteiger partial charge in [-0.1, -0.05) is 43.7 Å². The van der Waals surface area contributed by atoms with Crippen molar-refractivity contribution in [2.24, 2.45) is 0 Å². The van der Waals surface area contributed by atoms with Crippen molar-refractivity contribution in [3.8, 4) is 0 Å². The Balaban J connectivity index is 2.85. The van der Waals surface area contributed by atoms with Crippen molar-refractivity contribution in [1.29, 1.82) is 0 Å². The maximum atomic E-state index is 11.8. The van der Waals surface area contributed by atoms with Gasteiger partial charge < -0.3 is 5.11 Å². The molecule has 1 N–H and O–H groups in total. The van der Waals surface area contributed by atoms with Crippen LogP contribution in [-0.2, 0) is 4.79 Å². The molecule has 0 unspecified atom stereocenters. The van der Waals surface area contributed by atoms with Gasteiger partial charge in [-0.3, -0.25) is 14.9 Å². The van der Waals surface area contributed by atoms with Crippen LogP contribution in [0.1, 0.15) is 37.7 Å². The number of ketones is 1. The Kier molecular flexibility index (Phi) is 6.15. The molecule has 0 aliphatic rings. The van der Waals surface area contributed by atoms with Crippen LogP contribution in [0, 0.1) is 10.1 Å². The van der Waals surface area contributed by atoms with Crippen LogP contribution in [0.2, 0.25) is 0 Å². The van der Waals surface area contributed by atoms with Crippen LogP contribution in [0.15, 0.2) is 30.3 Å². The molecule has 0 amide bonds. The summed E-state index contributed by atoms with van der Waals surface area (Å²) in [7, 11) is 0. The van der Waals surface area contributed by atoms with Gasteiger partial charge in [0.15, 0.2) is 5.78 Å². The van der Waals surface area contributed by atoms with E-state index in [-0.39, 0.29) is 12.2 Å². The Hall–Kier alpha value is -1.75. The number of hydrogen-bond acceptors (Lipinski definition) is 4. The SMILES string of the molecule is CCCCC(=O)[C@H](O)[C@@H](C[N+](=O)[O-])c1ccccc1. The van der Waals surface area contributed by atoms with Gasteiger partial charge in [-0.05, 0) is 12.0 Å². The molecule has 0 radical (unpaired) electrons. The number of nitro groups is 1. The number of aliphatic hydroxyl groups is 1. The van der Waals surface area contributed by atoms with E-state index in [1.807, 2.05) is 6.92 Å². The minimum Gasteiger partial charge on any atom is -0.384 e. The summed E-state index contributed by atoms with van der Waals surface area (Å²) >= 11 is 0. The van der Waals surface area contributed by atoms with Crippen molar-refractivity contribution < 1.29 is 14.8 Å². The average molecular weight is 265 g/mol. The molecule has 0 aliphatic carbocycles. The first-order valence-corrected chi connectivity index (χ1v) is 6.43. The molecule has 0 bridgehead atoms. The zero-order chi connectivity index (χ0) is 14.3. The van der Waals surface area contributed by atoms with Gasteiger partial charge in [-0.25, -0.2) is 0 Å². The number of benzene rings is 1. The number of nitrogens with zero attached hydrogens (tertiary/aromatic N) is 1. The second-order valence-corrected chi connectivity index (χ2v) is 4.55. The highest BCUT2D eigenvalue weighted by molar-refractivity contribution is 5.83. The van der Waals surface area contributed by atoms with E-state index in [1.54, 1.807) is 30.3 Å². The van der Waals surface area contributed by atoms with Crippen molar-refractivity contribution >= 4 is 5.78 Å². The van der Waals surface area contributed by atoms with E-state index < -0.39 is 23.5 Å². The molecule has 2 atom stereocenters. The average Bonchev–Trinajstić information content (AvgIpc) is 2.42. The first kappa shape index (κ1) is 15.3. The topological polar surface area (TPSA) is 80.4 Å². The fourth-order valence-electron chi connectivity index (χ4n) is 1.97. The summed E-state index contributed by atoms with van der Waals surface area (Å²) in [5.41, 5.74) is 0.622. The minimum atomic E-state index is -1.31. The Morgan fingerprint density at radius 3 is 2.53 bits per heavy atom. The molecular weight excluding hydrogens is 246 g/mol. The maximum Gasteiger partial charge on any atom is 0.213 e. The predicted molar refractivity (Wildman–Crippen MR) is 71.6 cm³/mol. The summed E-state index contributed by atoms with van der Waals surface area (Å²) in [6.07, 6.45) is 0.498. The normalized spacial score (nSPS) is 13.8. The molecule has 1 aromatic carbocycles. The van der Waals surface area contributed by atoms with Gasteiger partial charge >= 0.3 is 0 Å². The fourth-order valence-corrected chi connectivity index (χ4v) is 1.97. The van der Waals surface area contributed by atoms with Crippen LogP contribution < -0.4 is 0 Å². The van der Waals surface area contributed by atoms with Crippen LogP contribution in [-0.4, -0.2) is 28.5 Å². The molecule has 0 saturated carbocycles. The van der Waals surface area contributed by atoms with Gasteiger partial charge in [0.2, 0.25) is 6.54 Å². The van der Waals surface area contributed by atoms with Crippen LogP contribution in [0.25, 0.3) is 0 Å². The third-order valence-electron chi connectivity index (χ3n) is 3.06. The smallest absolute Gasteiger partial charge is 0.213 e. The lowest BCUT2D eigenvalue weighted by atomic mass is 9.89. The summed E-state index contributed by atoms with van der Waals surface area (Å²) in [6, 6.07) is 8.67. The third-order valence-corrected chi connectivity index (χ3v) is 3.06. The van der Waals surface area contributed by atoms with Crippen LogP contribution in [0.3, 0.4) is 0 Å². The lowest BCUT2D eigenvalue weighted by molar-refractivity contribution is -0.484. The number of unbranched alkanes of at least 4 members (excludes halogenated alkanes) is 1. The summed E-state index contributed by atoms with van der Waals surface area (Å²) in [5, 5.41) is 20.8. The third kappa shape index (κ3) is 4.79. The standard InChI is InChI=1S/C14H19NO4/c1-2-3-9-13(16)14(17)12(10-15(18)19)11-7-5-4-6-8-11/h4-8,12,14,17H,2-3,9-10H2,1H3/t12-,14+/m0/s1. The highest BCUT2D eigenvalue weighted by Crippen LogP contribution is 2.22. The molecule has 5 heteroatoms. The van der Waals surface area contributed by atoms with Crippen LogP contribution in [0.4, 0.5) is 0 Å². The van der Waals surface area contributed by atoms with E-state index in [9.17, 15) is 20.0 Å². The number of Topliss-reactive ketones (excluding diaryl/α,β-unsaturated/α-hetero) is 1. The molecule has 0 aromatic heterocycles. The summed E-state index contributed by atoms with van der Waals surface area (Å²) in [6.45, 7) is 1.51. The van der Waals surface area contributed by atoms with Crippen molar-refractivity contribution in [2.45, 2.75) is 38.2 Å². The second-order valence-electron chi connectivity index (χ2n) is 4.55. The van der Waals surface area contributed by atoms with E-state index >= 15 is 0 Å². The lowest BCUT2D eigenvalue weighted by Gasteiger charge is -2.19. The first-order chi connectivity index (χ1) is 9.06. The van der Waals surface area contributed by atoms with E-state index in [0.717, 1.165) is 6.42 Å². The quantitative estimate of drug-likeness (QED) is 0.577. The molecule has 0 aliphatic heterocycles. The Morgan fingerprint density at radius 2 is 2.00 bits per heavy atom. The first-order valence-electron chi connectivity index (χ1n) is 6.43. The van der Waals surface area contributed by atoms with Gasteiger partial charge in [0.05, 0.1) is 5.92 Å². The van der Waals surface area contributed by atoms with E-state index in [1.165, 1.54) is 0 Å². The molecule has 0 fully saturated rings. The zero-order valence-electron chi connectivity index (χ0n) is 11.0. The molecule has 19 heavy (non-hydrogen) atoms. The number of rotatable bonds is 8. The summed E-state index contributed by atoms with van der Waals surface area (Å²) < 4.78 is 0.